The summed E-state index contributed by atoms with van der Waals surface area (Å²) in [7, 11) is -1.97. The van der Waals surface area contributed by atoms with Crippen LogP contribution in [0.3, 0.4) is 0 Å². The Kier molecular flexibility index (Phi) is 4.68. The number of nitrogens with two attached hydrogens (primary N) is 1. The monoisotopic (exact) mass is 376 g/mol. The Hall–Kier alpha value is -0.630. The third-order valence-corrected chi connectivity index (χ3v) is 6.50. The van der Waals surface area contributed by atoms with Gasteiger partial charge in [-0.1, -0.05) is 13.8 Å². The van der Waals surface area contributed by atoms with E-state index < -0.39 is 10.0 Å². The fraction of sp³-hybridized carbons (Fsp3) is 0.571. The molecule has 5 nitrogen and oxygen atoms in total. The molecule has 1 unspecified atom stereocenters. The SMILES string of the molecule is COc1ccc(S(=O)(=O)N2CCC(N)C(C)(C)C2)cc1Br. The van der Waals surface area contributed by atoms with Crippen molar-refractivity contribution in [2.75, 3.05) is 20.2 Å². The molecule has 0 saturated carbocycles. The number of halogens is 1. The summed E-state index contributed by atoms with van der Waals surface area (Å²) >= 11 is 3.33. The standard InChI is InChI=1S/C14H21BrN2O3S/c1-14(2)9-17(7-6-13(14)16)21(18,19)10-4-5-12(20-3)11(15)8-10/h4-5,8,13H,6-7,9,16H2,1-3H3. The lowest BCUT2D eigenvalue weighted by molar-refractivity contribution is 0.155. The van der Waals surface area contributed by atoms with Gasteiger partial charge in [0.05, 0.1) is 16.5 Å². The molecule has 21 heavy (non-hydrogen) atoms. The average Bonchev–Trinajstić information content (AvgIpc) is 2.41. The highest BCUT2D eigenvalue weighted by atomic mass is 79.9. The number of hydrogen-bond acceptors (Lipinski definition) is 4. The first-order valence-electron chi connectivity index (χ1n) is 6.78. The van der Waals surface area contributed by atoms with E-state index in [0.717, 1.165) is 0 Å². The molecule has 118 valence electrons. The van der Waals surface area contributed by atoms with Gasteiger partial charge in [0.15, 0.2) is 0 Å². The van der Waals surface area contributed by atoms with Crippen LogP contribution in [0.15, 0.2) is 27.6 Å². The molecule has 1 aliphatic rings. The van der Waals surface area contributed by atoms with E-state index in [-0.39, 0.29) is 16.4 Å². The number of rotatable bonds is 3. The fourth-order valence-corrected chi connectivity index (χ4v) is 4.83. The molecule has 1 aromatic carbocycles. The van der Waals surface area contributed by atoms with Gasteiger partial charge in [-0.15, -0.1) is 0 Å². The molecule has 1 saturated heterocycles. The predicted octanol–water partition coefficient (Wildman–Crippen LogP) is 2.21. The van der Waals surface area contributed by atoms with Gasteiger partial charge < -0.3 is 10.5 Å². The Morgan fingerprint density at radius 2 is 2.10 bits per heavy atom. The molecular weight excluding hydrogens is 356 g/mol. The quantitative estimate of drug-likeness (QED) is 0.877. The predicted molar refractivity (Wildman–Crippen MR) is 85.8 cm³/mol. The largest absolute Gasteiger partial charge is 0.496 e. The topological polar surface area (TPSA) is 72.6 Å². The molecule has 2 N–H and O–H groups in total. The van der Waals surface area contributed by atoms with Crippen molar-refractivity contribution in [3.8, 4) is 5.75 Å². The molecule has 0 radical (unpaired) electrons. The number of methoxy groups -OCH3 is 1. The smallest absolute Gasteiger partial charge is 0.243 e. The number of hydrogen-bond donors (Lipinski definition) is 1. The van der Waals surface area contributed by atoms with Gasteiger partial charge in [0, 0.05) is 19.1 Å². The molecule has 0 aromatic heterocycles. The maximum atomic E-state index is 12.8. The van der Waals surface area contributed by atoms with Crippen LogP contribution < -0.4 is 10.5 Å². The maximum absolute atomic E-state index is 12.8. The molecule has 7 heteroatoms. The van der Waals surface area contributed by atoms with Crippen LogP contribution in [-0.2, 0) is 10.0 Å². The van der Waals surface area contributed by atoms with Gasteiger partial charge in [-0.05, 0) is 46.0 Å². The molecule has 1 atom stereocenters. The van der Waals surface area contributed by atoms with Crippen LogP contribution >= 0.6 is 15.9 Å². The molecule has 1 aliphatic heterocycles. The first-order valence-corrected chi connectivity index (χ1v) is 9.01. The van der Waals surface area contributed by atoms with E-state index >= 15 is 0 Å². The van der Waals surface area contributed by atoms with E-state index in [2.05, 4.69) is 15.9 Å². The van der Waals surface area contributed by atoms with Crippen LogP contribution in [0.1, 0.15) is 20.3 Å². The van der Waals surface area contributed by atoms with Gasteiger partial charge in [-0.3, -0.25) is 0 Å². The third-order valence-electron chi connectivity index (χ3n) is 4.04. The van der Waals surface area contributed by atoms with Crippen molar-refractivity contribution in [1.29, 1.82) is 0 Å². The normalized spacial score (nSPS) is 23.0. The molecule has 1 aromatic rings. The number of piperidine rings is 1. The number of nitrogens with zero attached hydrogens (tertiary/aromatic N) is 1. The Labute approximate surface area is 134 Å². The Bertz CT molecular complexity index is 631. The van der Waals surface area contributed by atoms with Crippen molar-refractivity contribution < 1.29 is 13.2 Å². The fourth-order valence-electron chi connectivity index (χ4n) is 2.49. The second kappa shape index (κ2) is 5.87. The zero-order chi connectivity index (χ0) is 15.8. The van der Waals surface area contributed by atoms with E-state index in [4.69, 9.17) is 10.5 Å². The van der Waals surface area contributed by atoms with Crippen LogP contribution in [0.4, 0.5) is 0 Å². The summed E-state index contributed by atoms with van der Waals surface area (Å²) in [6.45, 7) is 4.89. The van der Waals surface area contributed by atoms with Crippen LogP contribution in [0, 0.1) is 5.41 Å². The third kappa shape index (κ3) is 3.26. The van der Waals surface area contributed by atoms with E-state index in [1.54, 1.807) is 25.3 Å². The molecule has 0 amide bonds. The average molecular weight is 377 g/mol. The highest BCUT2D eigenvalue weighted by molar-refractivity contribution is 9.10. The van der Waals surface area contributed by atoms with Crippen molar-refractivity contribution in [2.24, 2.45) is 11.1 Å². The Balaban J connectivity index is 2.32. The summed E-state index contributed by atoms with van der Waals surface area (Å²) in [6, 6.07) is 4.82. The van der Waals surface area contributed by atoms with Gasteiger partial charge >= 0.3 is 0 Å². The van der Waals surface area contributed by atoms with E-state index in [0.29, 0.717) is 29.7 Å². The van der Waals surface area contributed by atoms with Crippen LogP contribution in [0.25, 0.3) is 0 Å². The molecular formula is C14H21BrN2O3S. The number of ether oxygens (including phenoxy) is 1. The Morgan fingerprint density at radius 3 is 2.62 bits per heavy atom. The lowest BCUT2D eigenvalue weighted by Crippen LogP contribution is -2.53. The number of sulfonamides is 1. The zero-order valence-corrected chi connectivity index (χ0v) is 14.9. The molecule has 1 heterocycles. The summed E-state index contributed by atoms with van der Waals surface area (Å²) in [5.41, 5.74) is 5.85. The van der Waals surface area contributed by atoms with E-state index in [1.165, 1.54) is 4.31 Å². The molecule has 0 aliphatic carbocycles. The van der Waals surface area contributed by atoms with Gasteiger partial charge in [0.1, 0.15) is 5.75 Å². The number of benzene rings is 1. The highest BCUT2D eigenvalue weighted by Crippen LogP contribution is 2.33. The van der Waals surface area contributed by atoms with Crippen molar-refractivity contribution in [2.45, 2.75) is 31.2 Å². The minimum absolute atomic E-state index is 0.0200. The summed E-state index contributed by atoms with van der Waals surface area (Å²) in [4.78, 5) is 0.265. The van der Waals surface area contributed by atoms with Gasteiger partial charge in [-0.2, -0.15) is 4.31 Å². The van der Waals surface area contributed by atoms with E-state index in [9.17, 15) is 8.42 Å². The minimum Gasteiger partial charge on any atom is -0.496 e. The zero-order valence-electron chi connectivity index (χ0n) is 12.5. The minimum atomic E-state index is -3.51. The summed E-state index contributed by atoms with van der Waals surface area (Å²) in [6.07, 6.45) is 0.670. The molecule has 0 bridgehead atoms. The van der Waals surface area contributed by atoms with Crippen LogP contribution in [0.2, 0.25) is 0 Å². The van der Waals surface area contributed by atoms with Crippen molar-refractivity contribution in [3.05, 3.63) is 22.7 Å². The van der Waals surface area contributed by atoms with Crippen molar-refractivity contribution in [1.82, 2.24) is 4.31 Å². The lowest BCUT2D eigenvalue weighted by Gasteiger charge is -2.41. The highest BCUT2D eigenvalue weighted by Gasteiger charge is 2.38. The van der Waals surface area contributed by atoms with Gasteiger partial charge in [0.25, 0.3) is 0 Å². The lowest BCUT2D eigenvalue weighted by atomic mass is 9.81. The van der Waals surface area contributed by atoms with Crippen molar-refractivity contribution >= 4 is 26.0 Å². The second-order valence-corrected chi connectivity index (χ2v) is 8.81. The van der Waals surface area contributed by atoms with Crippen LogP contribution in [0.5, 0.6) is 5.75 Å². The summed E-state index contributed by atoms with van der Waals surface area (Å²) in [5.74, 6) is 0.606. The Morgan fingerprint density at radius 1 is 1.43 bits per heavy atom. The van der Waals surface area contributed by atoms with Crippen LogP contribution in [-0.4, -0.2) is 39.0 Å². The van der Waals surface area contributed by atoms with E-state index in [1.807, 2.05) is 13.8 Å². The maximum Gasteiger partial charge on any atom is 0.243 e. The first kappa shape index (κ1) is 16.7. The van der Waals surface area contributed by atoms with Gasteiger partial charge in [-0.25, -0.2) is 8.42 Å². The first-order chi connectivity index (χ1) is 9.68. The van der Waals surface area contributed by atoms with Crippen molar-refractivity contribution in [3.63, 3.8) is 0 Å². The van der Waals surface area contributed by atoms with Gasteiger partial charge in [0.2, 0.25) is 10.0 Å². The molecule has 2 rings (SSSR count). The second-order valence-electron chi connectivity index (χ2n) is 6.02. The molecule has 1 fully saturated rings. The molecule has 0 spiro atoms. The summed E-state index contributed by atoms with van der Waals surface area (Å²) < 4.78 is 32.8. The summed E-state index contributed by atoms with van der Waals surface area (Å²) in [5, 5.41) is 0.